The largest absolute Gasteiger partial charge is 0.385 e. The number of hydrogen-bond donors (Lipinski definition) is 1. The van der Waals surface area contributed by atoms with Gasteiger partial charge in [-0.1, -0.05) is 13.8 Å². The molecule has 0 amide bonds. The van der Waals surface area contributed by atoms with Crippen molar-refractivity contribution >= 4 is 0 Å². The zero-order valence-electron chi connectivity index (χ0n) is 10.5. The quantitative estimate of drug-likeness (QED) is 0.570. The first-order valence-electron chi connectivity index (χ1n) is 5.97. The van der Waals surface area contributed by atoms with Crippen molar-refractivity contribution in [3.05, 3.63) is 0 Å². The Hall–Kier alpha value is -0.120. The van der Waals surface area contributed by atoms with Gasteiger partial charge in [0.1, 0.15) is 0 Å². The molecule has 1 atom stereocenters. The van der Waals surface area contributed by atoms with Crippen molar-refractivity contribution in [2.75, 3.05) is 33.5 Å². The van der Waals surface area contributed by atoms with Crippen molar-refractivity contribution in [2.24, 2.45) is 17.6 Å². The van der Waals surface area contributed by atoms with Crippen LogP contribution in [0.3, 0.4) is 0 Å². The van der Waals surface area contributed by atoms with Crippen LogP contribution in [0.1, 0.15) is 33.1 Å². The van der Waals surface area contributed by atoms with Gasteiger partial charge in [-0.15, -0.1) is 0 Å². The van der Waals surface area contributed by atoms with Gasteiger partial charge < -0.3 is 15.2 Å². The van der Waals surface area contributed by atoms with Gasteiger partial charge in [0, 0.05) is 26.9 Å². The van der Waals surface area contributed by atoms with Gasteiger partial charge in [-0.05, 0) is 37.6 Å². The highest BCUT2D eigenvalue weighted by atomic mass is 16.5. The summed E-state index contributed by atoms with van der Waals surface area (Å²) in [4.78, 5) is 0. The first kappa shape index (κ1) is 14.9. The van der Waals surface area contributed by atoms with Gasteiger partial charge in [-0.25, -0.2) is 0 Å². The Morgan fingerprint density at radius 2 is 1.87 bits per heavy atom. The molecule has 0 spiro atoms. The predicted octanol–water partition coefficient (Wildman–Crippen LogP) is 2.05. The molecule has 2 N–H and O–H groups in total. The topological polar surface area (TPSA) is 44.5 Å². The standard InChI is InChI=1S/C12H27NO2/c1-11(2)9-12(10-13)5-8-15-7-4-6-14-3/h11-12H,4-10,13H2,1-3H3. The molecule has 0 aliphatic rings. The first-order chi connectivity index (χ1) is 7.20. The summed E-state index contributed by atoms with van der Waals surface area (Å²) in [6, 6.07) is 0. The lowest BCUT2D eigenvalue weighted by Crippen LogP contribution is -2.18. The molecule has 0 fully saturated rings. The molecule has 0 radical (unpaired) electrons. The molecule has 1 unspecified atom stereocenters. The van der Waals surface area contributed by atoms with E-state index in [9.17, 15) is 0 Å². The van der Waals surface area contributed by atoms with Crippen molar-refractivity contribution in [2.45, 2.75) is 33.1 Å². The highest BCUT2D eigenvalue weighted by molar-refractivity contribution is 4.61. The van der Waals surface area contributed by atoms with Crippen LogP contribution in [0.4, 0.5) is 0 Å². The Morgan fingerprint density at radius 3 is 2.40 bits per heavy atom. The molecule has 15 heavy (non-hydrogen) atoms. The van der Waals surface area contributed by atoms with Gasteiger partial charge in [-0.2, -0.15) is 0 Å². The Balaban J connectivity index is 3.30. The Kier molecular flexibility index (Phi) is 10.3. The Labute approximate surface area is 94.3 Å². The summed E-state index contributed by atoms with van der Waals surface area (Å²) in [6.45, 7) is 7.67. The predicted molar refractivity (Wildman–Crippen MR) is 63.9 cm³/mol. The van der Waals surface area contributed by atoms with E-state index in [1.165, 1.54) is 6.42 Å². The van der Waals surface area contributed by atoms with Gasteiger partial charge in [0.05, 0.1) is 0 Å². The molecule has 3 heteroatoms. The summed E-state index contributed by atoms with van der Waals surface area (Å²) in [7, 11) is 1.72. The van der Waals surface area contributed by atoms with E-state index in [0.29, 0.717) is 5.92 Å². The number of nitrogens with two attached hydrogens (primary N) is 1. The Morgan fingerprint density at radius 1 is 1.13 bits per heavy atom. The third-order valence-electron chi connectivity index (χ3n) is 2.45. The van der Waals surface area contributed by atoms with Crippen LogP contribution in [0.5, 0.6) is 0 Å². The molecule has 0 bridgehead atoms. The minimum Gasteiger partial charge on any atom is -0.385 e. The van der Waals surface area contributed by atoms with Crippen LogP contribution in [0, 0.1) is 11.8 Å². The van der Waals surface area contributed by atoms with Crippen molar-refractivity contribution in [3.8, 4) is 0 Å². The SMILES string of the molecule is COCCCOCCC(CN)CC(C)C. The average Bonchev–Trinajstić information content (AvgIpc) is 2.20. The molecular weight excluding hydrogens is 190 g/mol. The fraction of sp³-hybridized carbons (Fsp3) is 1.00. The lowest BCUT2D eigenvalue weighted by molar-refractivity contribution is 0.0924. The summed E-state index contributed by atoms with van der Waals surface area (Å²) in [5, 5.41) is 0. The van der Waals surface area contributed by atoms with Crippen LogP contribution >= 0.6 is 0 Å². The minimum absolute atomic E-state index is 0.618. The number of rotatable bonds is 10. The molecule has 0 saturated heterocycles. The Bertz CT molecular complexity index is 129. The highest BCUT2D eigenvalue weighted by Crippen LogP contribution is 2.13. The molecule has 0 saturated carbocycles. The van der Waals surface area contributed by atoms with Crippen molar-refractivity contribution in [1.82, 2.24) is 0 Å². The second-order valence-corrected chi connectivity index (χ2v) is 4.48. The fourth-order valence-electron chi connectivity index (χ4n) is 1.66. The van der Waals surface area contributed by atoms with Crippen LogP contribution in [0.15, 0.2) is 0 Å². The number of methoxy groups -OCH3 is 1. The van der Waals surface area contributed by atoms with Crippen LogP contribution in [0.2, 0.25) is 0 Å². The summed E-state index contributed by atoms with van der Waals surface area (Å²) in [5.41, 5.74) is 5.71. The van der Waals surface area contributed by atoms with Gasteiger partial charge in [0.2, 0.25) is 0 Å². The zero-order chi connectivity index (χ0) is 11.5. The van der Waals surface area contributed by atoms with Crippen LogP contribution < -0.4 is 5.73 Å². The molecule has 92 valence electrons. The second kappa shape index (κ2) is 10.4. The maximum absolute atomic E-state index is 5.71. The maximum atomic E-state index is 5.71. The van der Waals surface area contributed by atoms with Crippen molar-refractivity contribution < 1.29 is 9.47 Å². The van der Waals surface area contributed by atoms with Crippen LogP contribution in [-0.2, 0) is 9.47 Å². The van der Waals surface area contributed by atoms with Crippen molar-refractivity contribution in [1.29, 1.82) is 0 Å². The summed E-state index contributed by atoms with van der Waals surface area (Å²) in [5.74, 6) is 1.35. The van der Waals surface area contributed by atoms with Gasteiger partial charge in [0.25, 0.3) is 0 Å². The van der Waals surface area contributed by atoms with Gasteiger partial charge in [0.15, 0.2) is 0 Å². The van der Waals surface area contributed by atoms with Crippen LogP contribution in [0.25, 0.3) is 0 Å². The molecule has 0 rings (SSSR count). The lowest BCUT2D eigenvalue weighted by Gasteiger charge is -2.16. The summed E-state index contributed by atoms with van der Waals surface area (Å²) < 4.78 is 10.5. The number of ether oxygens (including phenoxy) is 2. The van der Waals surface area contributed by atoms with E-state index in [1.54, 1.807) is 7.11 Å². The zero-order valence-corrected chi connectivity index (χ0v) is 10.5. The first-order valence-corrected chi connectivity index (χ1v) is 5.97. The molecule has 0 aromatic heterocycles. The van der Waals surface area contributed by atoms with Gasteiger partial charge in [-0.3, -0.25) is 0 Å². The van der Waals surface area contributed by atoms with E-state index < -0.39 is 0 Å². The minimum atomic E-state index is 0.618. The fourth-order valence-corrected chi connectivity index (χ4v) is 1.66. The molecule has 0 aliphatic heterocycles. The molecular formula is C12H27NO2. The van der Waals surface area contributed by atoms with Gasteiger partial charge >= 0.3 is 0 Å². The summed E-state index contributed by atoms with van der Waals surface area (Å²) >= 11 is 0. The van der Waals surface area contributed by atoms with E-state index in [4.69, 9.17) is 15.2 Å². The third-order valence-corrected chi connectivity index (χ3v) is 2.45. The number of hydrogen-bond acceptors (Lipinski definition) is 3. The maximum Gasteiger partial charge on any atom is 0.0487 e. The second-order valence-electron chi connectivity index (χ2n) is 4.48. The molecule has 0 aromatic carbocycles. The molecule has 0 aromatic rings. The van der Waals surface area contributed by atoms with E-state index in [0.717, 1.165) is 45.1 Å². The van der Waals surface area contributed by atoms with Crippen LogP contribution in [-0.4, -0.2) is 33.5 Å². The third kappa shape index (κ3) is 10.2. The monoisotopic (exact) mass is 217 g/mol. The normalized spacial score (nSPS) is 13.4. The average molecular weight is 217 g/mol. The van der Waals surface area contributed by atoms with Crippen molar-refractivity contribution in [3.63, 3.8) is 0 Å². The van der Waals surface area contributed by atoms with E-state index >= 15 is 0 Å². The lowest BCUT2D eigenvalue weighted by atomic mass is 9.95. The van der Waals surface area contributed by atoms with E-state index in [2.05, 4.69) is 13.8 Å². The smallest absolute Gasteiger partial charge is 0.0487 e. The van der Waals surface area contributed by atoms with E-state index in [1.807, 2.05) is 0 Å². The highest BCUT2D eigenvalue weighted by Gasteiger charge is 2.08. The van der Waals surface area contributed by atoms with E-state index in [-0.39, 0.29) is 0 Å². The molecule has 3 nitrogen and oxygen atoms in total. The molecule has 0 heterocycles. The summed E-state index contributed by atoms with van der Waals surface area (Å²) in [6.07, 6.45) is 3.27. The molecule has 0 aliphatic carbocycles.